The van der Waals surface area contributed by atoms with Gasteiger partial charge in [-0.15, -0.1) is 11.3 Å². The first-order valence-electron chi connectivity index (χ1n) is 7.86. The Morgan fingerprint density at radius 3 is 2.83 bits per heavy atom. The Hall–Kier alpha value is -2.15. The predicted octanol–water partition coefficient (Wildman–Crippen LogP) is 3.15. The largest absolute Gasteiger partial charge is 0.364 e. The normalized spacial score (nSPS) is 15.5. The van der Waals surface area contributed by atoms with Gasteiger partial charge in [0.15, 0.2) is 5.13 Å². The molecule has 1 aliphatic rings. The molecule has 0 atom stereocenters. The number of aromatic amines is 1. The van der Waals surface area contributed by atoms with Gasteiger partial charge in [-0.2, -0.15) is 0 Å². The zero-order valence-electron chi connectivity index (χ0n) is 12.8. The van der Waals surface area contributed by atoms with Crippen LogP contribution in [0.1, 0.15) is 49.0 Å². The molecule has 7 heteroatoms. The smallest absolute Gasteiger partial charge is 0.265 e. The third-order valence-electron chi connectivity index (χ3n) is 4.19. The fourth-order valence-corrected chi connectivity index (χ4v) is 3.71. The number of hydrogen-bond acceptors (Lipinski definition) is 4. The van der Waals surface area contributed by atoms with Crippen LogP contribution in [0.4, 0.5) is 5.13 Å². The Morgan fingerprint density at radius 2 is 2.13 bits per heavy atom. The summed E-state index contributed by atoms with van der Waals surface area (Å²) in [5, 5.41) is 5.31. The summed E-state index contributed by atoms with van der Waals surface area (Å²) in [6.07, 6.45) is 8.31. The van der Waals surface area contributed by atoms with Crippen molar-refractivity contribution in [1.29, 1.82) is 0 Å². The Labute approximate surface area is 138 Å². The van der Waals surface area contributed by atoms with Crippen molar-refractivity contribution in [1.82, 2.24) is 9.97 Å². The minimum atomic E-state index is -0.507. The van der Waals surface area contributed by atoms with Gasteiger partial charge in [-0.3, -0.25) is 9.59 Å². The van der Waals surface area contributed by atoms with Crippen LogP contribution in [-0.2, 0) is 4.79 Å². The second kappa shape index (κ2) is 6.95. The Kier molecular flexibility index (Phi) is 4.76. The van der Waals surface area contributed by atoms with Gasteiger partial charge in [-0.25, -0.2) is 4.98 Å². The summed E-state index contributed by atoms with van der Waals surface area (Å²) in [7, 11) is 0. The Balaban J connectivity index is 1.60. The number of H-pyrrole nitrogens is 1. The number of amides is 2. The van der Waals surface area contributed by atoms with E-state index >= 15 is 0 Å². The van der Waals surface area contributed by atoms with Gasteiger partial charge in [-0.05, 0) is 24.8 Å². The molecule has 2 heterocycles. The lowest BCUT2D eigenvalue weighted by Gasteiger charge is -2.20. The number of nitrogens with one attached hydrogen (secondary N) is 2. The molecule has 2 amide bonds. The van der Waals surface area contributed by atoms with Crippen molar-refractivity contribution < 1.29 is 9.59 Å². The number of primary amides is 1. The highest BCUT2D eigenvalue weighted by molar-refractivity contribution is 7.14. The highest BCUT2D eigenvalue weighted by Gasteiger charge is 2.18. The Morgan fingerprint density at radius 1 is 1.35 bits per heavy atom. The number of anilines is 1. The monoisotopic (exact) mass is 332 g/mol. The van der Waals surface area contributed by atoms with Crippen LogP contribution in [0.2, 0.25) is 0 Å². The first-order valence-corrected chi connectivity index (χ1v) is 8.74. The van der Waals surface area contributed by atoms with Gasteiger partial charge in [0.05, 0.1) is 5.69 Å². The molecular weight excluding hydrogens is 312 g/mol. The summed E-state index contributed by atoms with van der Waals surface area (Å²) >= 11 is 1.38. The van der Waals surface area contributed by atoms with Gasteiger partial charge >= 0.3 is 0 Å². The molecule has 1 aliphatic carbocycles. The van der Waals surface area contributed by atoms with E-state index in [0.29, 0.717) is 28.9 Å². The predicted molar refractivity (Wildman–Crippen MR) is 90.2 cm³/mol. The average molecular weight is 332 g/mol. The highest BCUT2D eigenvalue weighted by Crippen LogP contribution is 2.28. The van der Waals surface area contributed by atoms with Gasteiger partial charge in [0.2, 0.25) is 5.91 Å². The van der Waals surface area contributed by atoms with Gasteiger partial charge in [-0.1, -0.05) is 19.3 Å². The van der Waals surface area contributed by atoms with Crippen molar-refractivity contribution in [2.24, 2.45) is 11.7 Å². The fraction of sp³-hybridized carbons (Fsp3) is 0.438. The zero-order chi connectivity index (χ0) is 16.2. The second-order valence-corrected chi connectivity index (χ2v) is 6.82. The molecule has 23 heavy (non-hydrogen) atoms. The molecule has 2 aromatic rings. The van der Waals surface area contributed by atoms with Crippen LogP contribution in [0.3, 0.4) is 0 Å². The first kappa shape index (κ1) is 15.7. The van der Waals surface area contributed by atoms with E-state index in [9.17, 15) is 9.59 Å². The van der Waals surface area contributed by atoms with E-state index < -0.39 is 5.91 Å². The molecular formula is C16H20N4O2S. The minimum Gasteiger partial charge on any atom is -0.364 e. The summed E-state index contributed by atoms with van der Waals surface area (Å²) in [6.45, 7) is 0. The summed E-state index contributed by atoms with van der Waals surface area (Å²) in [5.41, 5.74) is 7.06. The zero-order valence-corrected chi connectivity index (χ0v) is 13.6. The lowest BCUT2D eigenvalue weighted by Crippen LogP contribution is -2.18. The maximum Gasteiger partial charge on any atom is 0.265 e. The summed E-state index contributed by atoms with van der Waals surface area (Å²) in [6, 6.07) is 1.66. The molecule has 0 aromatic carbocycles. The van der Waals surface area contributed by atoms with Crippen LogP contribution in [0.5, 0.6) is 0 Å². The number of nitrogens with zero attached hydrogens (tertiary/aromatic N) is 1. The van der Waals surface area contributed by atoms with Crippen LogP contribution in [0.25, 0.3) is 11.3 Å². The molecule has 0 unspecified atom stereocenters. The number of hydrogen-bond donors (Lipinski definition) is 3. The molecule has 0 saturated heterocycles. The number of carbonyl (C=O) groups is 2. The van der Waals surface area contributed by atoms with Gasteiger partial charge in [0.25, 0.3) is 5.91 Å². The maximum absolute atomic E-state index is 12.1. The molecule has 1 fully saturated rings. The van der Waals surface area contributed by atoms with Crippen molar-refractivity contribution in [2.75, 3.05) is 5.32 Å². The number of thiazole rings is 1. The SMILES string of the molecule is NC(=O)c1cc(-c2csc(NC(=O)CC3CCCCC3)n2)c[nH]1. The minimum absolute atomic E-state index is 0.0321. The van der Waals surface area contributed by atoms with Crippen molar-refractivity contribution in [2.45, 2.75) is 38.5 Å². The molecule has 6 nitrogen and oxygen atoms in total. The lowest BCUT2D eigenvalue weighted by molar-refractivity contribution is -0.117. The van der Waals surface area contributed by atoms with Gasteiger partial charge < -0.3 is 16.0 Å². The summed E-state index contributed by atoms with van der Waals surface area (Å²) in [5.74, 6) is 0.0307. The van der Waals surface area contributed by atoms with E-state index in [1.165, 1.54) is 30.6 Å². The van der Waals surface area contributed by atoms with E-state index in [4.69, 9.17) is 5.73 Å². The van der Waals surface area contributed by atoms with Gasteiger partial charge in [0, 0.05) is 23.6 Å². The maximum atomic E-state index is 12.1. The standard InChI is InChI=1S/C16H20N4O2S/c17-15(22)12-7-11(8-18-12)13-9-23-16(19-13)20-14(21)6-10-4-2-1-3-5-10/h7-10,18H,1-6H2,(H2,17,22)(H,19,20,21). The number of nitrogens with two attached hydrogens (primary N) is 1. The third-order valence-corrected chi connectivity index (χ3v) is 4.95. The van der Waals surface area contributed by atoms with E-state index in [0.717, 1.165) is 18.4 Å². The van der Waals surface area contributed by atoms with Crippen molar-refractivity contribution in [3.05, 3.63) is 23.3 Å². The molecule has 122 valence electrons. The van der Waals surface area contributed by atoms with Gasteiger partial charge in [0.1, 0.15) is 5.69 Å². The summed E-state index contributed by atoms with van der Waals surface area (Å²) in [4.78, 5) is 30.4. The topological polar surface area (TPSA) is 101 Å². The molecule has 0 radical (unpaired) electrons. The number of aromatic nitrogens is 2. The van der Waals surface area contributed by atoms with E-state index in [2.05, 4.69) is 15.3 Å². The van der Waals surface area contributed by atoms with Crippen molar-refractivity contribution in [3.63, 3.8) is 0 Å². The van der Waals surface area contributed by atoms with Crippen LogP contribution >= 0.6 is 11.3 Å². The molecule has 0 bridgehead atoms. The van der Waals surface area contributed by atoms with E-state index in [-0.39, 0.29) is 5.91 Å². The number of carbonyl (C=O) groups excluding carboxylic acids is 2. The van der Waals surface area contributed by atoms with Crippen LogP contribution in [0.15, 0.2) is 17.6 Å². The van der Waals surface area contributed by atoms with E-state index in [1.54, 1.807) is 12.3 Å². The molecule has 3 rings (SSSR count). The van der Waals surface area contributed by atoms with E-state index in [1.807, 2.05) is 5.38 Å². The van der Waals surface area contributed by atoms with Crippen molar-refractivity contribution in [3.8, 4) is 11.3 Å². The second-order valence-electron chi connectivity index (χ2n) is 5.96. The fourth-order valence-electron chi connectivity index (χ4n) is 2.97. The molecule has 1 saturated carbocycles. The molecule has 0 spiro atoms. The molecule has 0 aliphatic heterocycles. The first-order chi connectivity index (χ1) is 11.1. The lowest BCUT2D eigenvalue weighted by atomic mass is 9.87. The average Bonchev–Trinajstić information content (AvgIpc) is 3.16. The molecule has 4 N–H and O–H groups in total. The Bertz CT molecular complexity index is 701. The van der Waals surface area contributed by atoms with Crippen LogP contribution in [-0.4, -0.2) is 21.8 Å². The van der Waals surface area contributed by atoms with Crippen molar-refractivity contribution >= 4 is 28.3 Å². The number of rotatable bonds is 5. The quantitative estimate of drug-likeness (QED) is 0.784. The third kappa shape index (κ3) is 3.98. The summed E-state index contributed by atoms with van der Waals surface area (Å²) < 4.78 is 0. The van der Waals surface area contributed by atoms with Crippen LogP contribution in [0, 0.1) is 5.92 Å². The van der Waals surface area contributed by atoms with Crippen LogP contribution < -0.4 is 11.1 Å². The highest BCUT2D eigenvalue weighted by atomic mass is 32.1. The molecule has 2 aromatic heterocycles.